The molecule has 0 aliphatic carbocycles. The molecule has 3 aromatic rings. The monoisotopic (exact) mass is 447 g/mol. The number of nitrogens with two attached hydrogens (primary N) is 1. The zero-order valence-electron chi connectivity index (χ0n) is 19.2. The number of pyridine rings is 1. The molecule has 0 saturated carbocycles. The van der Waals surface area contributed by atoms with Gasteiger partial charge < -0.3 is 20.5 Å². The van der Waals surface area contributed by atoms with Gasteiger partial charge in [-0.1, -0.05) is 19.1 Å². The lowest BCUT2D eigenvalue weighted by Gasteiger charge is -2.20. The summed E-state index contributed by atoms with van der Waals surface area (Å²) in [4.78, 5) is 31.6. The van der Waals surface area contributed by atoms with Crippen LogP contribution in [0.25, 0.3) is 0 Å². The Labute approximate surface area is 193 Å². The first-order valence-corrected chi connectivity index (χ1v) is 11.0. The van der Waals surface area contributed by atoms with E-state index >= 15 is 0 Å². The highest BCUT2D eigenvalue weighted by Crippen LogP contribution is 2.23. The first-order valence-electron chi connectivity index (χ1n) is 11.0. The fourth-order valence-corrected chi connectivity index (χ4v) is 4.03. The summed E-state index contributed by atoms with van der Waals surface area (Å²) in [6.07, 6.45) is 4.66. The molecule has 33 heavy (non-hydrogen) atoms. The zero-order valence-corrected chi connectivity index (χ0v) is 19.2. The molecule has 0 spiro atoms. The number of amides is 2. The number of likely N-dealkylation sites (tertiary alicyclic amines) is 1. The molecule has 0 radical (unpaired) electrons. The number of rotatable bonds is 6. The van der Waals surface area contributed by atoms with Gasteiger partial charge in [-0.2, -0.15) is 0 Å². The van der Waals surface area contributed by atoms with E-state index in [9.17, 15) is 9.59 Å². The van der Waals surface area contributed by atoms with Crippen molar-refractivity contribution < 1.29 is 9.59 Å². The summed E-state index contributed by atoms with van der Waals surface area (Å²) in [6.45, 7) is 5.15. The van der Waals surface area contributed by atoms with Crippen LogP contribution in [0.4, 0.5) is 5.69 Å². The predicted molar refractivity (Wildman–Crippen MR) is 125 cm³/mol. The van der Waals surface area contributed by atoms with Crippen molar-refractivity contribution in [3.05, 3.63) is 71.6 Å². The van der Waals surface area contributed by atoms with Crippen LogP contribution in [0, 0.1) is 0 Å². The van der Waals surface area contributed by atoms with Crippen molar-refractivity contribution in [1.82, 2.24) is 24.6 Å². The third kappa shape index (κ3) is 5.25. The van der Waals surface area contributed by atoms with Crippen LogP contribution >= 0.6 is 0 Å². The number of benzene rings is 1. The highest BCUT2D eigenvalue weighted by Gasteiger charge is 2.33. The SMILES string of the molecule is CC(Cc1nncn1C)c1cccc(NC(=O)c2cc(C(=O)N3CCC(C)(N)C3)ccn2)c1. The summed E-state index contributed by atoms with van der Waals surface area (Å²) in [5.74, 6) is 0.584. The van der Waals surface area contributed by atoms with Crippen LogP contribution < -0.4 is 11.1 Å². The molecule has 172 valence electrons. The average Bonchev–Trinajstić information content (AvgIpc) is 3.37. The first-order chi connectivity index (χ1) is 15.7. The van der Waals surface area contributed by atoms with Gasteiger partial charge in [-0.25, -0.2) is 0 Å². The van der Waals surface area contributed by atoms with Gasteiger partial charge in [0.15, 0.2) is 0 Å². The van der Waals surface area contributed by atoms with E-state index in [1.165, 1.54) is 12.3 Å². The van der Waals surface area contributed by atoms with Crippen LogP contribution in [0.3, 0.4) is 0 Å². The number of nitrogens with one attached hydrogen (secondary N) is 1. The maximum atomic E-state index is 12.9. The Balaban J connectivity index is 1.44. The Kier molecular flexibility index (Phi) is 6.24. The molecule has 1 aliphatic heterocycles. The van der Waals surface area contributed by atoms with Gasteiger partial charge >= 0.3 is 0 Å². The van der Waals surface area contributed by atoms with Gasteiger partial charge in [-0.05, 0) is 49.1 Å². The summed E-state index contributed by atoms with van der Waals surface area (Å²) >= 11 is 0. The number of carbonyl (C=O) groups is 2. The van der Waals surface area contributed by atoms with Gasteiger partial charge in [-0.15, -0.1) is 10.2 Å². The summed E-state index contributed by atoms with van der Waals surface area (Å²) < 4.78 is 1.90. The Morgan fingerprint density at radius 2 is 2.09 bits per heavy atom. The van der Waals surface area contributed by atoms with Gasteiger partial charge in [-0.3, -0.25) is 14.6 Å². The molecule has 9 nitrogen and oxygen atoms in total. The van der Waals surface area contributed by atoms with E-state index in [2.05, 4.69) is 27.4 Å². The normalized spacial score (nSPS) is 18.8. The van der Waals surface area contributed by atoms with Gasteiger partial charge in [0.25, 0.3) is 11.8 Å². The third-order valence-corrected chi connectivity index (χ3v) is 6.04. The summed E-state index contributed by atoms with van der Waals surface area (Å²) in [5, 5.41) is 11.0. The van der Waals surface area contributed by atoms with Crippen molar-refractivity contribution in [1.29, 1.82) is 0 Å². The molecule has 4 rings (SSSR count). The Hall–Kier alpha value is -3.59. The van der Waals surface area contributed by atoms with E-state index in [1.807, 2.05) is 42.8 Å². The van der Waals surface area contributed by atoms with Gasteiger partial charge in [0.05, 0.1) is 0 Å². The van der Waals surface area contributed by atoms with Crippen LogP contribution in [0.15, 0.2) is 48.9 Å². The quantitative estimate of drug-likeness (QED) is 0.599. The number of anilines is 1. The number of carbonyl (C=O) groups excluding carboxylic acids is 2. The smallest absolute Gasteiger partial charge is 0.274 e. The van der Waals surface area contributed by atoms with Crippen LogP contribution in [-0.4, -0.2) is 55.1 Å². The van der Waals surface area contributed by atoms with E-state index in [4.69, 9.17) is 5.73 Å². The Morgan fingerprint density at radius 3 is 2.79 bits per heavy atom. The van der Waals surface area contributed by atoms with Crippen molar-refractivity contribution in [2.24, 2.45) is 12.8 Å². The van der Waals surface area contributed by atoms with Gasteiger partial charge in [0.2, 0.25) is 0 Å². The molecule has 3 heterocycles. The molecule has 0 bridgehead atoms. The molecule has 3 N–H and O–H groups in total. The maximum Gasteiger partial charge on any atom is 0.274 e. The molecule has 2 unspecified atom stereocenters. The Morgan fingerprint density at radius 1 is 1.27 bits per heavy atom. The second-order valence-corrected chi connectivity index (χ2v) is 9.10. The summed E-state index contributed by atoms with van der Waals surface area (Å²) in [6, 6.07) is 10.9. The minimum atomic E-state index is -0.377. The van der Waals surface area contributed by atoms with E-state index < -0.39 is 0 Å². The highest BCUT2D eigenvalue weighted by molar-refractivity contribution is 6.04. The minimum absolute atomic E-state index is 0.139. The van der Waals surface area contributed by atoms with Crippen LogP contribution in [-0.2, 0) is 13.5 Å². The zero-order chi connectivity index (χ0) is 23.6. The second kappa shape index (κ2) is 9.11. The molecule has 1 aliphatic rings. The minimum Gasteiger partial charge on any atom is -0.337 e. The summed E-state index contributed by atoms with van der Waals surface area (Å²) in [7, 11) is 1.92. The van der Waals surface area contributed by atoms with E-state index in [1.54, 1.807) is 17.3 Å². The predicted octanol–water partition coefficient (Wildman–Crippen LogP) is 2.37. The van der Waals surface area contributed by atoms with Crippen molar-refractivity contribution in [3.63, 3.8) is 0 Å². The molecular weight excluding hydrogens is 418 g/mol. The van der Waals surface area contributed by atoms with Crippen molar-refractivity contribution in [2.75, 3.05) is 18.4 Å². The Bertz CT molecular complexity index is 1170. The fourth-order valence-electron chi connectivity index (χ4n) is 4.03. The fraction of sp³-hybridized carbons (Fsp3) is 0.375. The van der Waals surface area contributed by atoms with Crippen LogP contribution in [0.5, 0.6) is 0 Å². The van der Waals surface area contributed by atoms with E-state index in [0.29, 0.717) is 24.3 Å². The highest BCUT2D eigenvalue weighted by atomic mass is 16.2. The second-order valence-electron chi connectivity index (χ2n) is 9.10. The summed E-state index contributed by atoms with van der Waals surface area (Å²) in [5.41, 5.74) is 8.13. The number of aryl methyl sites for hydroxylation is 1. The molecule has 2 atom stereocenters. The number of hydrogen-bond donors (Lipinski definition) is 2. The first kappa shape index (κ1) is 22.6. The number of hydrogen-bond acceptors (Lipinski definition) is 6. The molecule has 2 amide bonds. The van der Waals surface area contributed by atoms with Gasteiger partial charge in [0, 0.05) is 49.5 Å². The number of nitrogens with zero attached hydrogens (tertiary/aromatic N) is 5. The van der Waals surface area contributed by atoms with Crippen LogP contribution in [0.1, 0.15) is 58.4 Å². The van der Waals surface area contributed by atoms with E-state index in [-0.39, 0.29) is 29.0 Å². The van der Waals surface area contributed by atoms with E-state index in [0.717, 1.165) is 24.2 Å². The molecule has 9 heteroatoms. The van der Waals surface area contributed by atoms with Crippen LogP contribution in [0.2, 0.25) is 0 Å². The molecular formula is C24H29N7O2. The topological polar surface area (TPSA) is 119 Å². The maximum absolute atomic E-state index is 12.9. The average molecular weight is 448 g/mol. The van der Waals surface area contributed by atoms with Crippen molar-refractivity contribution in [2.45, 2.75) is 38.1 Å². The molecule has 1 saturated heterocycles. The molecule has 1 fully saturated rings. The lowest BCUT2D eigenvalue weighted by atomic mass is 9.97. The lowest BCUT2D eigenvalue weighted by Crippen LogP contribution is -2.40. The standard InChI is InChI=1S/C24H29N7O2/c1-16(11-21-29-27-15-30(21)3)17-5-4-6-19(12-17)28-22(32)20-13-18(7-9-26-20)23(33)31-10-8-24(2,25)14-31/h4-7,9,12-13,15-16H,8,10-11,14,25H2,1-3H3,(H,28,32). The largest absolute Gasteiger partial charge is 0.337 e. The molecule has 1 aromatic carbocycles. The molecule has 2 aromatic heterocycles. The van der Waals surface area contributed by atoms with Gasteiger partial charge in [0.1, 0.15) is 17.8 Å². The van der Waals surface area contributed by atoms with Crippen molar-refractivity contribution >= 4 is 17.5 Å². The lowest BCUT2D eigenvalue weighted by molar-refractivity contribution is 0.0785. The number of aromatic nitrogens is 4. The van der Waals surface area contributed by atoms with Crippen molar-refractivity contribution in [3.8, 4) is 0 Å². The third-order valence-electron chi connectivity index (χ3n) is 6.04.